The monoisotopic (exact) mass is 167 g/mol. The standard InChI is InChI=1S/C11H21N/c1-8(2)7-12-11-6-5-9(3)10(11)4/h9-12H,1,5-7H2,2-4H3. The third-order valence-electron chi connectivity index (χ3n) is 3.13. The molecule has 0 amide bonds. The maximum absolute atomic E-state index is 3.90. The average molecular weight is 167 g/mol. The van der Waals surface area contributed by atoms with E-state index < -0.39 is 0 Å². The van der Waals surface area contributed by atoms with Crippen LogP contribution in [0.2, 0.25) is 0 Å². The third-order valence-corrected chi connectivity index (χ3v) is 3.13. The van der Waals surface area contributed by atoms with Gasteiger partial charge in [-0.3, -0.25) is 0 Å². The van der Waals surface area contributed by atoms with Gasteiger partial charge in [0.05, 0.1) is 0 Å². The van der Waals surface area contributed by atoms with Gasteiger partial charge in [0.1, 0.15) is 0 Å². The molecule has 0 aromatic rings. The maximum atomic E-state index is 3.90. The van der Waals surface area contributed by atoms with Gasteiger partial charge in [-0.2, -0.15) is 0 Å². The lowest BCUT2D eigenvalue weighted by atomic mass is 9.98. The predicted molar refractivity (Wildman–Crippen MR) is 54.2 cm³/mol. The topological polar surface area (TPSA) is 12.0 Å². The fourth-order valence-corrected chi connectivity index (χ4v) is 1.96. The SMILES string of the molecule is C=C(C)CNC1CCC(C)C1C. The van der Waals surface area contributed by atoms with Gasteiger partial charge >= 0.3 is 0 Å². The van der Waals surface area contributed by atoms with E-state index in [9.17, 15) is 0 Å². The summed E-state index contributed by atoms with van der Waals surface area (Å²) in [6.07, 6.45) is 2.73. The molecule has 1 N–H and O–H groups in total. The summed E-state index contributed by atoms with van der Waals surface area (Å²) >= 11 is 0. The molecular formula is C11H21N. The van der Waals surface area contributed by atoms with Gasteiger partial charge in [0, 0.05) is 12.6 Å². The van der Waals surface area contributed by atoms with Gasteiger partial charge < -0.3 is 5.32 Å². The summed E-state index contributed by atoms with van der Waals surface area (Å²) in [6, 6.07) is 0.733. The number of nitrogens with one attached hydrogen (secondary N) is 1. The van der Waals surface area contributed by atoms with Crippen LogP contribution in [0.1, 0.15) is 33.6 Å². The minimum atomic E-state index is 0.733. The van der Waals surface area contributed by atoms with E-state index in [1.165, 1.54) is 18.4 Å². The molecule has 0 spiro atoms. The Balaban J connectivity index is 2.29. The molecular weight excluding hydrogens is 146 g/mol. The Kier molecular flexibility index (Phi) is 3.33. The molecule has 1 heteroatoms. The van der Waals surface area contributed by atoms with E-state index in [4.69, 9.17) is 0 Å². The highest BCUT2D eigenvalue weighted by Crippen LogP contribution is 2.30. The van der Waals surface area contributed by atoms with Gasteiger partial charge in [0.2, 0.25) is 0 Å². The van der Waals surface area contributed by atoms with E-state index in [0.29, 0.717) is 0 Å². The van der Waals surface area contributed by atoms with Crippen molar-refractivity contribution in [2.75, 3.05) is 6.54 Å². The van der Waals surface area contributed by atoms with Crippen molar-refractivity contribution in [2.45, 2.75) is 39.7 Å². The largest absolute Gasteiger partial charge is 0.310 e. The molecule has 1 nitrogen and oxygen atoms in total. The number of rotatable bonds is 3. The first-order valence-electron chi connectivity index (χ1n) is 4.99. The van der Waals surface area contributed by atoms with Crippen molar-refractivity contribution < 1.29 is 0 Å². The second-order valence-corrected chi connectivity index (χ2v) is 4.36. The van der Waals surface area contributed by atoms with Crippen LogP contribution in [0.5, 0.6) is 0 Å². The molecule has 0 bridgehead atoms. The molecule has 3 unspecified atom stereocenters. The van der Waals surface area contributed by atoms with Gasteiger partial charge in [-0.1, -0.05) is 26.0 Å². The lowest BCUT2D eigenvalue weighted by Gasteiger charge is -2.19. The highest BCUT2D eigenvalue weighted by molar-refractivity contribution is 4.94. The molecule has 1 aliphatic rings. The Hall–Kier alpha value is -0.300. The predicted octanol–water partition coefficient (Wildman–Crippen LogP) is 2.59. The fourth-order valence-electron chi connectivity index (χ4n) is 1.96. The summed E-state index contributed by atoms with van der Waals surface area (Å²) < 4.78 is 0. The van der Waals surface area contributed by atoms with E-state index in [1.54, 1.807) is 0 Å². The van der Waals surface area contributed by atoms with Crippen LogP contribution >= 0.6 is 0 Å². The van der Waals surface area contributed by atoms with Gasteiger partial charge in [0.25, 0.3) is 0 Å². The van der Waals surface area contributed by atoms with Crippen LogP contribution in [0.25, 0.3) is 0 Å². The molecule has 0 heterocycles. The lowest BCUT2D eigenvalue weighted by molar-refractivity contribution is 0.379. The first kappa shape index (κ1) is 9.79. The Morgan fingerprint density at radius 2 is 2.08 bits per heavy atom. The van der Waals surface area contributed by atoms with Crippen LogP contribution in [0.3, 0.4) is 0 Å². The van der Waals surface area contributed by atoms with Crippen molar-refractivity contribution >= 4 is 0 Å². The summed E-state index contributed by atoms with van der Waals surface area (Å²) in [5.41, 5.74) is 1.24. The summed E-state index contributed by atoms with van der Waals surface area (Å²) in [4.78, 5) is 0. The van der Waals surface area contributed by atoms with Gasteiger partial charge in [-0.25, -0.2) is 0 Å². The molecule has 0 aromatic heterocycles. The van der Waals surface area contributed by atoms with Crippen molar-refractivity contribution in [3.63, 3.8) is 0 Å². The van der Waals surface area contributed by atoms with E-state index in [2.05, 4.69) is 32.7 Å². The van der Waals surface area contributed by atoms with Crippen LogP contribution in [0.15, 0.2) is 12.2 Å². The van der Waals surface area contributed by atoms with Gasteiger partial charge in [-0.05, 0) is 31.6 Å². The Morgan fingerprint density at radius 1 is 1.42 bits per heavy atom. The second kappa shape index (κ2) is 4.08. The fraction of sp³-hybridized carbons (Fsp3) is 0.818. The Bertz CT molecular complexity index is 162. The van der Waals surface area contributed by atoms with Crippen LogP contribution in [-0.2, 0) is 0 Å². The molecule has 0 saturated heterocycles. The zero-order chi connectivity index (χ0) is 9.14. The molecule has 70 valence electrons. The molecule has 1 fully saturated rings. The van der Waals surface area contributed by atoms with E-state index in [1.807, 2.05) is 0 Å². The molecule has 0 radical (unpaired) electrons. The van der Waals surface area contributed by atoms with Gasteiger partial charge in [0.15, 0.2) is 0 Å². The molecule has 0 aromatic carbocycles. The molecule has 0 aliphatic heterocycles. The van der Waals surface area contributed by atoms with Crippen LogP contribution in [0, 0.1) is 11.8 Å². The summed E-state index contributed by atoms with van der Waals surface area (Å²) in [5, 5.41) is 3.56. The van der Waals surface area contributed by atoms with Crippen LogP contribution < -0.4 is 5.32 Å². The zero-order valence-electron chi connectivity index (χ0n) is 8.56. The minimum Gasteiger partial charge on any atom is -0.310 e. The zero-order valence-corrected chi connectivity index (χ0v) is 8.56. The van der Waals surface area contributed by atoms with Crippen molar-refractivity contribution in [1.82, 2.24) is 5.32 Å². The number of hydrogen-bond acceptors (Lipinski definition) is 1. The highest BCUT2D eigenvalue weighted by atomic mass is 14.9. The first-order chi connectivity index (χ1) is 5.61. The Morgan fingerprint density at radius 3 is 2.50 bits per heavy atom. The minimum absolute atomic E-state index is 0.733. The smallest absolute Gasteiger partial charge is 0.0161 e. The molecule has 1 saturated carbocycles. The van der Waals surface area contributed by atoms with Crippen molar-refractivity contribution in [3.8, 4) is 0 Å². The van der Waals surface area contributed by atoms with Crippen molar-refractivity contribution in [2.24, 2.45) is 11.8 Å². The van der Waals surface area contributed by atoms with Gasteiger partial charge in [-0.15, -0.1) is 0 Å². The quantitative estimate of drug-likeness (QED) is 0.637. The molecule has 1 aliphatic carbocycles. The molecule has 12 heavy (non-hydrogen) atoms. The average Bonchev–Trinajstić information content (AvgIpc) is 2.30. The Labute approximate surface area is 76.2 Å². The van der Waals surface area contributed by atoms with Crippen LogP contribution in [-0.4, -0.2) is 12.6 Å². The lowest BCUT2D eigenvalue weighted by Crippen LogP contribution is -2.33. The second-order valence-electron chi connectivity index (χ2n) is 4.36. The van der Waals surface area contributed by atoms with Crippen molar-refractivity contribution in [1.29, 1.82) is 0 Å². The highest BCUT2D eigenvalue weighted by Gasteiger charge is 2.28. The van der Waals surface area contributed by atoms with E-state index >= 15 is 0 Å². The van der Waals surface area contributed by atoms with Crippen molar-refractivity contribution in [3.05, 3.63) is 12.2 Å². The maximum Gasteiger partial charge on any atom is 0.0161 e. The van der Waals surface area contributed by atoms with E-state index in [0.717, 1.165) is 24.4 Å². The summed E-state index contributed by atoms with van der Waals surface area (Å²) in [6.45, 7) is 11.7. The first-order valence-corrected chi connectivity index (χ1v) is 4.99. The number of hydrogen-bond donors (Lipinski definition) is 1. The third kappa shape index (κ3) is 2.34. The summed E-state index contributed by atoms with van der Waals surface area (Å²) in [5.74, 6) is 1.73. The summed E-state index contributed by atoms with van der Waals surface area (Å²) in [7, 11) is 0. The molecule has 3 atom stereocenters. The van der Waals surface area contributed by atoms with E-state index in [-0.39, 0.29) is 0 Å². The molecule has 1 rings (SSSR count). The van der Waals surface area contributed by atoms with Crippen LogP contribution in [0.4, 0.5) is 0 Å². The normalized spacial score (nSPS) is 35.4.